The van der Waals surface area contributed by atoms with Gasteiger partial charge in [0.05, 0.1) is 11.7 Å². The van der Waals surface area contributed by atoms with Crippen molar-refractivity contribution < 1.29 is 0 Å². The molecule has 8 nitrogen and oxygen atoms in total. The molecule has 0 aliphatic rings. The summed E-state index contributed by atoms with van der Waals surface area (Å²) in [5.74, 6) is 1.34. The van der Waals surface area contributed by atoms with E-state index < -0.39 is 0 Å². The third-order valence-electron chi connectivity index (χ3n) is 2.61. The minimum atomic E-state index is -0.0855. The Balaban J connectivity index is 1.95. The molecule has 92 valence electrons. The van der Waals surface area contributed by atoms with E-state index in [9.17, 15) is 0 Å². The van der Waals surface area contributed by atoms with Crippen molar-refractivity contribution in [2.24, 2.45) is 0 Å². The van der Waals surface area contributed by atoms with E-state index in [0.29, 0.717) is 5.82 Å². The molecule has 0 aromatic carbocycles. The fourth-order valence-electron chi connectivity index (χ4n) is 1.78. The molecule has 3 rings (SSSR count). The van der Waals surface area contributed by atoms with Gasteiger partial charge in [0, 0.05) is 12.4 Å². The van der Waals surface area contributed by atoms with E-state index in [2.05, 4.69) is 36.0 Å². The number of tetrazole rings is 1. The number of anilines is 1. The molecule has 3 aromatic heterocycles. The second-order valence-corrected chi connectivity index (χ2v) is 4.03. The quantitative estimate of drug-likeness (QED) is 0.704. The summed E-state index contributed by atoms with van der Waals surface area (Å²) < 4.78 is 1.79. The number of hydrogen-bond donors (Lipinski definition) is 2. The van der Waals surface area contributed by atoms with Gasteiger partial charge in [-0.2, -0.15) is 10.3 Å². The van der Waals surface area contributed by atoms with E-state index in [1.54, 1.807) is 10.7 Å². The number of aromatic amines is 1. The topological polar surface area (TPSA) is 96.7 Å². The number of aromatic nitrogens is 7. The van der Waals surface area contributed by atoms with E-state index in [1.165, 1.54) is 0 Å². The minimum Gasteiger partial charge on any atom is -0.358 e. The first-order valence-electron chi connectivity index (χ1n) is 5.55. The average Bonchev–Trinajstić information content (AvgIpc) is 2.96. The highest BCUT2D eigenvalue weighted by Crippen LogP contribution is 2.19. The van der Waals surface area contributed by atoms with Crippen LogP contribution in [0.2, 0.25) is 0 Å². The summed E-state index contributed by atoms with van der Waals surface area (Å²) in [6.07, 6.45) is 3.51. The Morgan fingerprint density at radius 3 is 3.11 bits per heavy atom. The predicted octanol–water partition coefficient (Wildman–Crippen LogP) is 0.724. The molecule has 0 radical (unpaired) electrons. The third-order valence-corrected chi connectivity index (χ3v) is 2.61. The van der Waals surface area contributed by atoms with Crippen molar-refractivity contribution in [2.75, 3.05) is 5.32 Å². The molecule has 0 spiro atoms. The lowest BCUT2D eigenvalue weighted by Crippen LogP contribution is -2.10. The maximum atomic E-state index is 4.33. The molecule has 1 unspecified atom stereocenters. The van der Waals surface area contributed by atoms with Gasteiger partial charge >= 0.3 is 0 Å². The minimum absolute atomic E-state index is 0.0855. The molecule has 3 heterocycles. The van der Waals surface area contributed by atoms with Gasteiger partial charge in [-0.1, -0.05) is 5.21 Å². The fourth-order valence-corrected chi connectivity index (χ4v) is 1.78. The molecule has 0 amide bonds. The Morgan fingerprint density at radius 1 is 1.44 bits per heavy atom. The standard InChI is InChI=1S/C10H12N8/c1-6-5-8-10(11-3-4-18(8)15-6)12-7(2)9-13-16-17-14-9/h3-5,7H,1-2H3,(H,11,12)(H,13,14,16,17). The fraction of sp³-hybridized carbons (Fsp3) is 0.300. The molecule has 3 aromatic rings. The van der Waals surface area contributed by atoms with Gasteiger partial charge in [0.15, 0.2) is 11.6 Å². The van der Waals surface area contributed by atoms with Crippen molar-refractivity contribution in [3.8, 4) is 0 Å². The van der Waals surface area contributed by atoms with Gasteiger partial charge in [-0.05, 0) is 19.9 Å². The van der Waals surface area contributed by atoms with Crippen LogP contribution in [0.15, 0.2) is 18.5 Å². The lowest BCUT2D eigenvalue weighted by atomic mass is 10.3. The summed E-state index contributed by atoms with van der Waals surface area (Å²) in [6.45, 7) is 3.89. The highest BCUT2D eigenvalue weighted by molar-refractivity contribution is 5.68. The maximum absolute atomic E-state index is 4.33. The van der Waals surface area contributed by atoms with Crippen LogP contribution in [-0.2, 0) is 0 Å². The Kier molecular flexibility index (Phi) is 2.40. The zero-order chi connectivity index (χ0) is 12.5. The monoisotopic (exact) mass is 244 g/mol. The van der Waals surface area contributed by atoms with E-state index >= 15 is 0 Å². The molecule has 0 bridgehead atoms. The number of nitrogens with zero attached hydrogens (tertiary/aromatic N) is 6. The predicted molar refractivity (Wildman–Crippen MR) is 63.9 cm³/mol. The van der Waals surface area contributed by atoms with Crippen LogP contribution in [0.1, 0.15) is 24.5 Å². The van der Waals surface area contributed by atoms with Crippen molar-refractivity contribution in [3.63, 3.8) is 0 Å². The molecule has 0 saturated carbocycles. The van der Waals surface area contributed by atoms with E-state index in [1.807, 2.05) is 26.1 Å². The van der Waals surface area contributed by atoms with Crippen LogP contribution in [0.5, 0.6) is 0 Å². The lowest BCUT2D eigenvalue weighted by Gasteiger charge is -2.11. The number of aryl methyl sites for hydroxylation is 1. The van der Waals surface area contributed by atoms with Gasteiger partial charge in [-0.3, -0.25) is 0 Å². The van der Waals surface area contributed by atoms with E-state index in [4.69, 9.17) is 0 Å². The van der Waals surface area contributed by atoms with Crippen LogP contribution in [0.3, 0.4) is 0 Å². The largest absolute Gasteiger partial charge is 0.358 e. The molecule has 0 saturated heterocycles. The van der Waals surface area contributed by atoms with Crippen LogP contribution in [-0.4, -0.2) is 35.2 Å². The average molecular weight is 244 g/mol. The van der Waals surface area contributed by atoms with Crippen LogP contribution < -0.4 is 5.32 Å². The van der Waals surface area contributed by atoms with Crippen molar-refractivity contribution in [3.05, 3.63) is 30.0 Å². The van der Waals surface area contributed by atoms with Gasteiger partial charge in [0.25, 0.3) is 0 Å². The Morgan fingerprint density at radius 2 is 2.33 bits per heavy atom. The van der Waals surface area contributed by atoms with Gasteiger partial charge in [-0.25, -0.2) is 9.50 Å². The number of fused-ring (bicyclic) bond motifs is 1. The summed E-state index contributed by atoms with van der Waals surface area (Å²) in [5, 5.41) is 21.4. The SMILES string of the molecule is Cc1cc2c(NC(C)c3nn[nH]n3)nccn2n1. The molecule has 0 aliphatic carbocycles. The smallest absolute Gasteiger partial charge is 0.196 e. The van der Waals surface area contributed by atoms with Crippen LogP contribution in [0.25, 0.3) is 5.52 Å². The lowest BCUT2D eigenvalue weighted by molar-refractivity contribution is 0.786. The Hall–Kier alpha value is -2.51. The summed E-state index contributed by atoms with van der Waals surface area (Å²) in [6, 6.07) is 1.89. The molecule has 0 fully saturated rings. The molecule has 2 N–H and O–H groups in total. The number of hydrogen-bond acceptors (Lipinski definition) is 6. The Bertz CT molecular complexity index is 656. The van der Waals surface area contributed by atoms with Gasteiger partial charge < -0.3 is 5.32 Å². The van der Waals surface area contributed by atoms with Gasteiger partial charge in [0.2, 0.25) is 0 Å². The first-order chi connectivity index (χ1) is 8.74. The number of rotatable bonds is 3. The maximum Gasteiger partial charge on any atom is 0.196 e. The van der Waals surface area contributed by atoms with Crippen LogP contribution in [0.4, 0.5) is 5.82 Å². The second-order valence-electron chi connectivity index (χ2n) is 4.03. The van der Waals surface area contributed by atoms with Crippen molar-refractivity contribution in [1.82, 2.24) is 35.2 Å². The van der Waals surface area contributed by atoms with Crippen LogP contribution in [0, 0.1) is 6.92 Å². The number of H-pyrrole nitrogens is 1. The normalized spacial score (nSPS) is 12.8. The molecular formula is C10H12N8. The van der Waals surface area contributed by atoms with Crippen molar-refractivity contribution in [2.45, 2.75) is 19.9 Å². The van der Waals surface area contributed by atoms with Crippen molar-refractivity contribution in [1.29, 1.82) is 0 Å². The zero-order valence-corrected chi connectivity index (χ0v) is 9.99. The highest BCUT2D eigenvalue weighted by Gasteiger charge is 2.13. The first-order valence-corrected chi connectivity index (χ1v) is 5.55. The highest BCUT2D eigenvalue weighted by atomic mass is 15.5. The second kappa shape index (κ2) is 4.06. The molecular weight excluding hydrogens is 232 g/mol. The summed E-state index contributed by atoms with van der Waals surface area (Å²) in [5.41, 5.74) is 1.86. The first kappa shape index (κ1) is 10.6. The van der Waals surface area contributed by atoms with E-state index in [-0.39, 0.29) is 6.04 Å². The third kappa shape index (κ3) is 1.77. The van der Waals surface area contributed by atoms with Crippen LogP contribution >= 0.6 is 0 Å². The summed E-state index contributed by atoms with van der Waals surface area (Å²) >= 11 is 0. The Labute approximate surface area is 102 Å². The number of nitrogens with one attached hydrogen (secondary N) is 2. The summed E-state index contributed by atoms with van der Waals surface area (Å²) in [7, 11) is 0. The van der Waals surface area contributed by atoms with Gasteiger partial charge in [0.1, 0.15) is 5.52 Å². The molecule has 0 aliphatic heterocycles. The van der Waals surface area contributed by atoms with E-state index in [0.717, 1.165) is 17.0 Å². The molecule has 18 heavy (non-hydrogen) atoms. The van der Waals surface area contributed by atoms with Crippen molar-refractivity contribution >= 4 is 11.3 Å². The van der Waals surface area contributed by atoms with Gasteiger partial charge in [-0.15, -0.1) is 10.2 Å². The summed E-state index contributed by atoms with van der Waals surface area (Å²) in [4.78, 5) is 4.31. The zero-order valence-electron chi connectivity index (χ0n) is 9.99. The molecule has 8 heteroatoms. The molecule has 1 atom stereocenters.